The van der Waals surface area contributed by atoms with Crippen molar-refractivity contribution in [3.8, 4) is 0 Å². The molecule has 0 radical (unpaired) electrons. The van der Waals surface area contributed by atoms with Crippen molar-refractivity contribution in [1.82, 2.24) is 9.97 Å². The summed E-state index contributed by atoms with van der Waals surface area (Å²) in [6.07, 6.45) is 3.89. The van der Waals surface area contributed by atoms with Gasteiger partial charge in [0.15, 0.2) is 11.5 Å². The number of carboxylic acids is 1. The number of benzene rings is 1. The molecule has 1 aromatic carbocycles. The number of rotatable bonds is 4. The number of nitrogens with zero attached hydrogens (tertiary/aromatic N) is 2. The Morgan fingerprint density at radius 3 is 2.89 bits per heavy atom. The summed E-state index contributed by atoms with van der Waals surface area (Å²) in [5.74, 6) is -0.316. The highest BCUT2D eigenvalue weighted by molar-refractivity contribution is 5.90. The van der Waals surface area contributed by atoms with E-state index in [-0.39, 0.29) is 5.69 Å². The topological polar surface area (TPSA) is 75.1 Å². The van der Waals surface area contributed by atoms with Crippen LogP contribution in [0.15, 0.2) is 36.7 Å². The minimum Gasteiger partial charge on any atom is -0.476 e. The molecule has 1 unspecified atom stereocenters. The zero-order valence-corrected chi connectivity index (χ0v) is 10.2. The molecule has 19 heavy (non-hydrogen) atoms. The van der Waals surface area contributed by atoms with E-state index in [1.54, 1.807) is 0 Å². The Kier molecular flexibility index (Phi) is 2.87. The van der Waals surface area contributed by atoms with Gasteiger partial charge in [0.2, 0.25) is 0 Å². The molecular formula is C14H13N3O2. The first-order valence-electron chi connectivity index (χ1n) is 6.11. The summed E-state index contributed by atoms with van der Waals surface area (Å²) >= 11 is 0. The van der Waals surface area contributed by atoms with Crippen LogP contribution in [0.4, 0.5) is 5.82 Å². The summed E-state index contributed by atoms with van der Waals surface area (Å²) in [5, 5.41) is 12.1. The number of aromatic carboxylic acids is 1. The molecule has 0 saturated heterocycles. The number of aromatic nitrogens is 2. The van der Waals surface area contributed by atoms with E-state index in [0.29, 0.717) is 18.3 Å². The van der Waals surface area contributed by atoms with E-state index in [9.17, 15) is 4.79 Å². The van der Waals surface area contributed by atoms with Crippen molar-refractivity contribution in [2.24, 2.45) is 0 Å². The summed E-state index contributed by atoms with van der Waals surface area (Å²) in [6.45, 7) is 0.677. The Morgan fingerprint density at radius 2 is 2.11 bits per heavy atom. The van der Waals surface area contributed by atoms with Crippen LogP contribution < -0.4 is 5.32 Å². The van der Waals surface area contributed by atoms with Crippen molar-refractivity contribution in [3.05, 3.63) is 53.5 Å². The number of hydrogen-bond acceptors (Lipinski definition) is 4. The summed E-state index contributed by atoms with van der Waals surface area (Å²) in [6, 6.07) is 8.29. The van der Waals surface area contributed by atoms with Gasteiger partial charge in [-0.2, -0.15) is 0 Å². The Balaban J connectivity index is 1.70. The second-order valence-corrected chi connectivity index (χ2v) is 4.54. The third kappa shape index (κ3) is 2.14. The van der Waals surface area contributed by atoms with Crippen molar-refractivity contribution in [3.63, 3.8) is 0 Å². The molecule has 1 aromatic heterocycles. The van der Waals surface area contributed by atoms with Crippen molar-refractivity contribution in [2.45, 2.75) is 12.3 Å². The zero-order chi connectivity index (χ0) is 13.2. The van der Waals surface area contributed by atoms with Gasteiger partial charge in [-0.25, -0.2) is 14.8 Å². The van der Waals surface area contributed by atoms with Crippen molar-refractivity contribution >= 4 is 11.8 Å². The first-order valence-corrected chi connectivity index (χ1v) is 6.11. The first-order chi connectivity index (χ1) is 9.25. The molecule has 1 aliphatic carbocycles. The van der Waals surface area contributed by atoms with Crippen LogP contribution in [-0.2, 0) is 6.42 Å². The van der Waals surface area contributed by atoms with E-state index < -0.39 is 5.97 Å². The molecule has 3 rings (SSSR count). The maximum Gasteiger partial charge on any atom is 0.358 e. The fourth-order valence-electron chi connectivity index (χ4n) is 2.39. The minimum atomic E-state index is -1.07. The van der Waals surface area contributed by atoms with Gasteiger partial charge in [-0.3, -0.25) is 0 Å². The molecule has 2 aromatic rings. The maximum absolute atomic E-state index is 11.0. The van der Waals surface area contributed by atoms with E-state index in [1.807, 2.05) is 12.1 Å². The Hall–Kier alpha value is -2.43. The number of carbonyl (C=O) groups is 1. The van der Waals surface area contributed by atoms with Crippen LogP contribution in [0.25, 0.3) is 0 Å². The average molecular weight is 255 g/mol. The number of anilines is 1. The van der Waals surface area contributed by atoms with Gasteiger partial charge < -0.3 is 10.4 Å². The molecule has 0 bridgehead atoms. The Labute approximate surface area is 110 Å². The summed E-state index contributed by atoms with van der Waals surface area (Å²) in [7, 11) is 0. The van der Waals surface area contributed by atoms with Gasteiger partial charge in [-0.1, -0.05) is 24.3 Å². The minimum absolute atomic E-state index is 0.0323. The van der Waals surface area contributed by atoms with Gasteiger partial charge in [-0.15, -0.1) is 0 Å². The summed E-state index contributed by atoms with van der Waals surface area (Å²) in [5.41, 5.74) is 2.66. The van der Waals surface area contributed by atoms with E-state index in [1.165, 1.54) is 23.5 Å². The highest BCUT2D eigenvalue weighted by Gasteiger charge is 2.25. The molecule has 0 saturated carbocycles. The molecule has 96 valence electrons. The van der Waals surface area contributed by atoms with Gasteiger partial charge in [0.1, 0.15) is 0 Å². The Bertz CT molecular complexity index is 628. The molecule has 5 heteroatoms. The molecule has 5 nitrogen and oxygen atoms in total. The lowest BCUT2D eigenvalue weighted by Gasteiger charge is -2.30. The van der Waals surface area contributed by atoms with E-state index >= 15 is 0 Å². The van der Waals surface area contributed by atoms with E-state index in [0.717, 1.165) is 6.42 Å². The normalized spacial score (nSPS) is 16.3. The molecule has 0 spiro atoms. The molecule has 1 heterocycles. The molecule has 0 aliphatic heterocycles. The fourth-order valence-corrected chi connectivity index (χ4v) is 2.39. The van der Waals surface area contributed by atoms with Crippen LogP contribution >= 0.6 is 0 Å². The number of fused-ring (bicyclic) bond motifs is 1. The quantitative estimate of drug-likeness (QED) is 0.873. The highest BCUT2D eigenvalue weighted by atomic mass is 16.4. The zero-order valence-electron chi connectivity index (χ0n) is 10.2. The van der Waals surface area contributed by atoms with Gasteiger partial charge in [0.25, 0.3) is 0 Å². The number of carboxylic acid groups (broad SMARTS) is 1. The highest BCUT2D eigenvalue weighted by Crippen LogP contribution is 2.34. The van der Waals surface area contributed by atoms with Crippen molar-refractivity contribution in [2.75, 3.05) is 11.9 Å². The molecule has 1 atom stereocenters. The smallest absolute Gasteiger partial charge is 0.358 e. The van der Waals surface area contributed by atoms with E-state index in [2.05, 4.69) is 27.4 Å². The van der Waals surface area contributed by atoms with Gasteiger partial charge in [0.05, 0.1) is 0 Å². The number of nitrogens with one attached hydrogen (secondary N) is 1. The molecule has 0 fully saturated rings. The molecule has 1 aliphatic rings. The van der Waals surface area contributed by atoms with Crippen LogP contribution in [0.5, 0.6) is 0 Å². The van der Waals surface area contributed by atoms with Crippen LogP contribution in [0.2, 0.25) is 0 Å². The SMILES string of the molecule is O=C(O)c1nccnc1NCC1Cc2ccccc21. The lowest BCUT2D eigenvalue weighted by molar-refractivity contribution is 0.0691. The third-order valence-corrected chi connectivity index (χ3v) is 3.38. The lowest BCUT2D eigenvalue weighted by Crippen LogP contribution is -2.25. The first kappa shape index (κ1) is 11.6. The summed E-state index contributed by atoms with van der Waals surface area (Å²) in [4.78, 5) is 18.9. The van der Waals surface area contributed by atoms with Crippen LogP contribution in [0.1, 0.15) is 27.5 Å². The predicted octanol–water partition coefficient (Wildman–Crippen LogP) is 1.93. The second-order valence-electron chi connectivity index (χ2n) is 4.54. The standard InChI is InChI=1S/C14H13N3O2/c18-14(19)12-13(16-6-5-15-12)17-8-10-7-9-3-1-2-4-11(9)10/h1-6,10H,7-8H2,(H,16,17)(H,18,19). The van der Waals surface area contributed by atoms with Gasteiger partial charge in [0, 0.05) is 24.9 Å². The molecule has 2 N–H and O–H groups in total. The third-order valence-electron chi connectivity index (χ3n) is 3.38. The average Bonchev–Trinajstić information content (AvgIpc) is 2.40. The molecular weight excluding hydrogens is 242 g/mol. The van der Waals surface area contributed by atoms with Crippen LogP contribution in [-0.4, -0.2) is 27.6 Å². The second kappa shape index (κ2) is 4.68. The van der Waals surface area contributed by atoms with Crippen molar-refractivity contribution in [1.29, 1.82) is 0 Å². The predicted molar refractivity (Wildman–Crippen MR) is 70.4 cm³/mol. The summed E-state index contributed by atoms with van der Waals surface area (Å²) < 4.78 is 0. The van der Waals surface area contributed by atoms with Crippen molar-refractivity contribution < 1.29 is 9.90 Å². The molecule has 0 amide bonds. The van der Waals surface area contributed by atoms with Crippen LogP contribution in [0, 0.1) is 0 Å². The van der Waals surface area contributed by atoms with E-state index in [4.69, 9.17) is 5.11 Å². The lowest BCUT2D eigenvalue weighted by atomic mass is 9.77. The van der Waals surface area contributed by atoms with Gasteiger partial charge in [-0.05, 0) is 17.5 Å². The maximum atomic E-state index is 11.0. The largest absolute Gasteiger partial charge is 0.476 e. The van der Waals surface area contributed by atoms with Crippen LogP contribution in [0.3, 0.4) is 0 Å². The fraction of sp³-hybridized carbons (Fsp3) is 0.214. The Morgan fingerprint density at radius 1 is 1.32 bits per heavy atom. The monoisotopic (exact) mass is 255 g/mol. The van der Waals surface area contributed by atoms with Gasteiger partial charge >= 0.3 is 5.97 Å². The number of hydrogen-bond donors (Lipinski definition) is 2.